The third-order valence-corrected chi connectivity index (χ3v) is 5.80. The number of amides is 3. The molecular weight excluding hydrogens is 469 g/mol. The third kappa shape index (κ3) is 4.61. The second-order valence-corrected chi connectivity index (χ2v) is 8.23. The van der Waals surface area contributed by atoms with Crippen molar-refractivity contribution in [3.8, 4) is 11.5 Å². The number of hydrogen-bond donors (Lipinski definition) is 1. The Balaban J connectivity index is 1.34. The monoisotopic (exact) mass is 489 g/mol. The second kappa shape index (κ2) is 9.49. The van der Waals surface area contributed by atoms with E-state index in [0.717, 1.165) is 4.90 Å². The van der Waals surface area contributed by atoms with E-state index in [0.29, 0.717) is 28.4 Å². The normalized spacial score (nSPS) is 13.5. The molecule has 0 atom stereocenters. The molecule has 0 saturated heterocycles. The SMILES string of the molecule is O=C(CN(Cc1ccc(F)cc1)C(=O)CN1C(=O)C(=O)c2ccccc21)Nc1ccc2c(c1)OCO2. The largest absolute Gasteiger partial charge is 0.454 e. The van der Waals surface area contributed by atoms with Crippen molar-refractivity contribution in [1.82, 2.24) is 4.90 Å². The highest BCUT2D eigenvalue weighted by atomic mass is 19.1. The molecule has 3 aromatic rings. The van der Waals surface area contributed by atoms with Crippen LogP contribution in [-0.4, -0.2) is 48.3 Å². The first-order valence-corrected chi connectivity index (χ1v) is 11.1. The molecule has 0 radical (unpaired) electrons. The van der Waals surface area contributed by atoms with Crippen molar-refractivity contribution in [2.24, 2.45) is 0 Å². The number of ketones is 1. The molecule has 9 nitrogen and oxygen atoms in total. The van der Waals surface area contributed by atoms with Gasteiger partial charge in [-0.05, 0) is 42.0 Å². The van der Waals surface area contributed by atoms with Gasteiger partial charge in [0.15, 0.2) is 11.5 Å². The van der Waals surface area contributed by atoms with Gasteiger partial charge in [0.05, 0.1) is 11.3 Å². The van der Waals surface area contributed by atoms with Gasteiger partial charge in [-0.2, -0.15) is 0 Å². The van der Waals surface area contributed by atoms with Crippen molar-refractivity contribution in [2.75, 3.05) is 30.1 Å². The van der Waals surface area contributed by atoms with E-state index in [1.807, 2.05) is 0 Å². The van der Waals surface area contributed by atoms with E-state index >= 15 is 0 Å². The van der Waals surface area contributed by atoms with Crippen LogP contribution >= 0.6 is 0 Å². The van der Waals surface area contributed by atoms with E-state index in [1.165, 1.54) is 35.2 Å². The lowest BCUT2D eigenvalue weighted by molar-refractivity contribution is -0.134. The van der Waals surface area contributed by atoms with Gasteiger partial charge < -0.3 is 19.7 Å². The number of nitrogens with one attached hydrogen (secondary N) is 1. The van der Waals surface area contributed by atoms with E-state index < -0.39 is 35.9 Å². The first kappa shape index (κ1) is 23.0. The van der Waals surface area contributed by atoms with Crippen LogP contribution in [0.5, 0.6) is 11.5 Å². The zero-order chi connectivity index (χ0) is 25.2. The zero-order valence-corrected chi connectivity index (χ0v) is 18.9. The highest BCUT2D eigenvalue weighted by molar-refractivity contribution is 6.52. The summed E-state index contributed by atoms with van der Waals surface area (Å²) >= 11 is 0. The number of carbonyl (C=O) groups is 4. The molecule has 0 aromatic heterocycles. The van der Waals surface area contributed by atoms with Crippen molar-refractivity contribution < 1.29 is 33.0 Å². The lowest BCUT2D eigenvalue weighted by Crippen LogP contribution is -2.45. The summed E-state index contributed by atoms with van der Waals surface area (Å²) < 4.78 is 24.0. The predicted octanol–water partition coefficient (Wildman–Crippen LogP) is 2.75. The molecule has 0 bridgehead atoms. The van der Waals surface area contributed by atoms with Crippen molar-refractivity contribution in [3.63, 3.8) is 0 Å². The molecule has 0 spiro atoms. The van der Waals surface area contributed by atoms with Crippen LogP contribution in [0.1, 0.15) is 15.9 Å². The van der Waals surface area contributed by atoms with Crippen molar-refractivity contribution in [3.05, 3.63) is 83.7 Å². The Labute approximate surface area is 205 Å². The van der Waals surface area contributed by atoms with Gasteiger partial charge in [-0.3, -0.25) is 24.1 Å². The Hall–Kier alpha value is -4.73. The summed E-state index contributed by atoms with van der Waals surface area (Å²) in [6.45, 7) is -0.693. The Bertz CT molecular complexity index is 1370. The van der Waals surface area contributed by atoms with Gasteiger partial charge in [-0.25, -0.2) is 4.39 Å². The predicted molar refractivity (Wildman–Crippen MR) is 126 cm³/mol. The number of ether oxygens (including phenoxy) is 2. The molecule has 2 aliphatic heterocycles. The van der Waals surface area contributed by atoms with E-state index in [2.05, 4.69) is 5.32 Å². The Morgan fingerprint density at radius 3 is 2.53 bits per heavy atom. The fourth-order valence-corrected chi connectivity index (χ4v) is 4.03. The van der Waals surface area contributed by atoms with E-state index in [-0.39, 0.29) is 25.4 Å². The van der Waals surface area contributed by atoms with Crippen LogP contribution in [0.3, 0.4) is 0 Å². The lowest BCUT2D eigenvalue weighted by atomic mass is 10.1. The molecule has 2 aliphatic rings. The van der Waals surface area contributed by atoms with Crippen molar-refractivity contribution >= 4 is 34.9 Å². The van der Waals surface area contributed by atoms with Crippen LogP contribution in [0.2, 0.25) is 0 Å². The van der Waals surface area contributed by atoms with Gasteiger partial charge in [0, 0.05) is 18.3 Å². The summed E-state index contributed by atoms with van der Waals surface area (Å²) in [6, 6.07) is 16.8. The van der Waals surface area contributed by atoms with E-state index in [9.17, 15) is 23.6 Å². The van der Waals surface area contributed by atoms with Gasteiger partial charge in [-0.1, -0.05) is 24.3 Å². The van der Waals surface area contributed by atoms with Crippen LogP contribution in [0, 0.1) is 5.82 Å². The molecule has 1 N–H and O–H groups in total. The van der Waals surface area contributed by atoms with E-state index in [1.54, 1.807) is 36.4 Å². The van der Waals surface area contributed by atoms with Gasteiger partial charge in [0.2, 0.25) is 18.6 Å². The first-order valence-electron chi connectivity index (χ1n) is 11.1. The topological polar surface area (TPSA) is 105 Å². The number of rotatable bonds is 7. The summed E-state index contributed by atoms with van der Waals surface area (Å²) in [7, 11) is 0. The lowest BCUT2D eigenvalue weighted by Gasteiger charge is -2.25. The van der Waals surface area contributed by atoms with Gasteiger partial charge in [0.25, 0.3) is 11.7 Å². The first-order chi connectivity index (χ1) is 17.4. The minimum Gasteiger partial charge on any atom is -0.454 e. The fourth-order valence-electron chi connectivity index (χ4n) is 4.03. The number of hydrogen-bond acceptors (Lipinski definition) is 6. The minimum absolute atomic E-state index is 0.00863. The fraction of sp³-hybridized carbons (Fsp3) is 0.154. The highest BCUT2D eigenvalue weighted by Gasteiger charge is 2.37. The van der Waals surface area contributed by atoms with Crippen LogP contribution < -0.4 is 19.7 Å². The molecule has 0 fully saturated rings. The van der Waals surface area contributed by atoms with E-state index in [4.69, 9.17) is 9.47 Å². The van der Waals surface area contributed by atoms with Crippen LogP contribution in [-0.2, 0) is 20.9 Å². The number of carbonyl (C=O) groups excluding carboxylic acids is 4. The average molecular weight is 489 g/mol. The molecule has 5 rings (SSSR count). The maximum atomic E-state index is 13.4. The standard InChI is InChI=1S/C26H20FN3O6/c27-17-7-5-16(6-8-17)12-29(13-23(31)28-18-9-10-21-22(11-18)36-15-35-21)24(32)14-30-20-4-2-1-3-19(20)25(33)26(30)34/h1-11H,12-15H2,(H,28,31). The third-order valence-electron chi connectivity index (χ3n) is 5.80. The molecular formula is C26H20FN3O6. The van der Waals surface area contributed by atoms with Crippen LogP contribution in [0.4, 0.5) is 15.8 Å². The molecule has 182 valence electrons. The quantitative estimate of drug-likeness (QED) is 0.512. The molecule has 0 aliphatic carbocycles. The number of fused-ring (bicyclic) bond motifs is 2. The van der Waals surface area contributed by atoms with Crippen LogP contribution in [0.25, 0.3) is 0 Å². The Morgan fingerprint density at radius 1 is 0.972 bits per heavy atom. The summed E-state index contributed by atoms with van der Waals surface area (Å²) in [4.78, 5) is 53.3. The average Bonchev–Trinajstić information content (AvgIpc) is 3.43. The molecule has 0 saturated carbocycles. The summed E-state index contributed by atoms with van der Waals surface area (Å²) in [5.74, 6) is -1.93. The van der Waals surface area contributed by atoms with Gasteiger partial charge in [-0.15, -0.1) is 0 Å². The molecule has 3 aromatic carbocycles. The summed E-state index contributed by atoms with van der Waals surface area (Å²) in [5, 5.41) is 2.71. The summed E-state index contributed by atoms with van der Waals surface area (Å²) in [5.41, 5.74) is 1.60. The number of Topliss-reactive ketones (excluding diaryl/α,β-unsaturated/α-hetero) is 1. The smallest absolute Gasteiger partial charge is 0.299 e. The number of anilines is 2. The Morgan fingerprint density at radius 2 is 1.72 bits per heavy atom. The number of benzene rings is 3. The Kier molecular flexibility index (Phi) is 6.07. The van der Waals surface area contributed by atoms with Crippen molar-refractivity contribution in [2.45, 2.75) is 6.54 Å². The van der Waals surface area contributed by atoms with Crippen LogP contribution in [0.15, 0.2) is 66.7 Å². The maximum Gasteiger partial charge on any atom is 0.299 e. The molecule has 10 heteroatoms. The van der Waals surface area contributed by atoms with Crippen molar-refractivity contribution in [1.29, 1.82) is 0 Å². The molecule has 0 unspecified atom stereocenters. The summed E-state index contributed by atoms with van der Waals surface area (Å²) in [6.07, 6.45) is 0. The number of para-hydroxylation sites is 1. The zero-order valence-electron chi connectivity index (χ0n) is 18.9. The van der Waals surface area contributed by atoms with Gasteiger partial charge in [0.1, 0.15) is 18.9 Å². The van der Waals surface area contributed by atoms with Gasteiger partial charge >= 0.3 is 0 Å². The molecule has 3 amide bonds. The maximum absolute atomic E-state index is 13.4. The number of halogens is 1. The number of nitrogens with zero attached hydrogens (tertiary/aromatic N) is 2. The molecule has 2 heterocycles. The second-order valence-electron chi connectivity index (χ2n) is 8.23. The minimum atomic E-state index is -0.809. The highest BCUT2D eigenvalue weighted by Crippen LogP contribution is 2.34. The molecule has 36 heavy (non-hydrogen) atoms.